The SMILES string of the molecule is CCc1cc(C(=O)O)c(C(=O)O)c(Cl)c1CC(C)O. The lowest BCUT2D eigenvalue weighted by molar-refractivity contribution is 0.0651. The molecule has 0 radical (unpaired) electrons. The summed E-state index contributed by atoms with van der Waals surface area (Å²) < 4.78 is 0. The quantitative estimate of drug-likeness (QED) is 0.771. The van der Waals surface area contributed by atoms with Crippen LogP contribution in [0.4, 0.5) is 0 Å². The number of hydrogen-bond acceptors (Lipinski definition) is 3. The van der Waals surface area contributed by atoms with Crippen LogP contribution in [0.15, 0.2) is 6.07 Å². The minimum atomic E-state index is -1.39. The van der Waals surface area contributed by atoms with Crippen molar-refractivity contribution in [2.45, 2.75) is 32.8 Å². The molecule has 0 amide bonds. The molecule has 1 aromatic rings. The number of halogens is 1. The Kier molecular flexibility index (Phi) is 4.91. The molecule has 0 bridgehead atoms. The van der Waals surface area contributed by atoms with Crippen LogP contribution in [0, 0.1) is 0 Å². The third-order valence-electron chi connectivity index (χ3n) is 2.78. The second-order valence-corrected chi connectivity index (χ2v) is 4.65. The fourth-order valence-electron chi connectivity index (χ4n) is 1.95. The van der Waals surface area contributed by atoms with Gasteiger partial charge in [-0.05, 0) is 37.0 Å². The summed E-state index contributed by atoms with van der Waals surface area (Å²) >= 11 is 6.03. The van der Waals surface area contributed by atoms with Gasteiger partial charge in [0, 0.05) is 0 Å². The molecule has 0 aliphatic carbocycles. The molecule has 0 saturated heterocycles. The molecule has 0 saturated carbocycles. The molecule has 0 aliphatic heterocycles. The summed E-state index contributed by atoms with van der Waals surface area (Å²) in [5, 5.41) is 27.5. The van der Waals surface area contributed by atoms with Crippen LogP contribution in [-0.4, -0.2) is 33.4 Å². The summed E-state index contributed by atoms with van der Waals surface area (Å²) in [6.45, 7) is 3.37. The maximum Gasteiger partial charge on any atom is 0.338 e. The molecular weight excluding hydrogens is 272 g/mol. The molecule has 104 valence electrons. The molecular formula is C13H15ClO5. The number of carbonyl (C=O) groups is 2. The summed E-state index contributed by atoms with van der Waals surface area (Å²) in [5.74, 6) is -2.73. The predicted molar refractivity (Wildman–Crippen MR) is 70.1 cm³/mol. The van der Waals surface area contributed by atoms with Gasteiger partial charge in [0.15, 0.2) is 0 Å². The van der Waals surface area contributed by atoms with Crippen LogP contribution in [0.25, 0.3) is 0 Å². The van der Waals surface area contributed by atoms with Crippen LogP contribution >= 0.6 is 11.6 Å². The van der Waals surface area contributed by atoms with Gasteiger partial charge in [0.2, 0.25) is 0 Å². The van der Waals surface area contributed by atoms with Crippen molar-refractivity contribution in [3.8, 4) is 0 Å². The minimum Gasteiger partial charge on any atom is -0.478 e. The van der Waals surface area contributed by atoms with Gasteiger partial charge < -0.3 is 15.3 Å². The first-order chi connectivity index (χ1) is 8.79. The van der Waals surface area contributed by atoms with Crippen molar-refractivity contribution in [3.63, 3.8) is 0 Å². The number of hydrogen-bond donors (Lipinski definition) is 3. The van der Waals surface area contributed by atoms with Gasteiger partial charge in [-0.15, -0.1) is 0 Å². The third-order valence-corrected chi connectivity index (χ3v) is 3.20. The van der Waals surface area contributed by atoms with Crippen molar-refractivity contribution in [1.29, 1.82) is 0 Å². The van der Waals surface area contributed by atoms with Crippen molar-refractivity contribution in [3.05, 3.63) is 33.3 Å². The average molecular weight is 287 g/mol. The van der Waals surface area contributed by atoms with E-state index in [0.717, 1.165) is 0 Å². The molecule has 1 aromatic carbocycles. The van der Waals surface area contributed by atoms with Crippen molar-refractivity contribution >= 4 is 23.5 Å². The normalized spacial score (nSPS) is 12.2. The Morgan fingerprint density at radius 1 is 1.32 bits per heavy atom. The van der Waals surface area contributed by atoms with E-state index in [1.54, 1.807) is 6.92 Å². The van der Waals surface area contributed by atoms with Crippen molar-refractivity contribution < 1.29 is 24.9 Å². The predicted octanol–water partition coefficient (Wildman–Crippen LogP) is 2.22. The van der Waals surface area contributed by atoms with E-state index in [-0.39, 0.29) is 17.0 Å². The van der Waals surface area contributed by atoms with Gasteiger partial charge in [0.05, 0.1) is 22.3 Å². The molecule has 1 unspecified atom stereocenters. The lowest BCUT2D eigenvalue weighted by atomic mass is 9.93. The van der Waals surface area contributed by atoms with Crippen LogP contribution in [-0.2, 0) is 12.8 Å². The Labute approximate surface area is 115 Å². The average Bonchev–Trinajstić information content (AvgIpc) is 2.29. The second-order valence-electron chi connectivity index (χ2n) is 4.27. The summed E-state index contributed by atoms with van der Waals surface area (Å²) in [4.78, 5) is 22.3. The standard InChI is InChI=1S/C13H15ClO5/c1-3-7-5-9(12(16)17)10(13(18)19)11(14)8(7)4-6(2)15/h5-6,15H,3-4H2,1-2H3,(H,16,17)(H,18,19). The fourth-order valence-corrected chi connectivity index (χ4v) is 2.33. The van der Waals surface area contributed by atoms with E-state index in [1.807, 2.05) is 6.92 Å². The number of aromatic carboxylic acids is 2. The highest BCUT2D eigenvalue weighted by atomic mass is 35.5. The number of carboxylic acids is 2. The Morgan fingerprint density at radius 3 is 2.26 bits per heavy atom. The maximum atomic E-state index is 11.2. The largest absolute Gasteiger partial charge is 0.478 e. The van der Waals surface area contributed by atoms with Gasteiger partial charge >= 0.3 is 11.9 Å². The summed E-state index contributed by atoms with van der Waals surface area (Å²) in [5.41, 5.74) is 0.362. The van der Waals surface area contributed by atoms with E-state index >= 15 is 0 Å². The Bertz CT molecular complexity index is 522. The van der Waals surface area contributed by atoms with Crippen molar-refractivity contribution in [2.75, 3.05) is 0 Å². The highest BCUT2D eigenvalue weighted by Gasteiger charge is 2.24. The lowest BCUT2D eigenvalue weighted by Gasteiger charge is -2.16. The maximum absolute atomic E-state index is 11.2. The lowest BCUT2D eigenvalue weighted by Crippen LogP contribution is -2.15. The number of aliphatic hydroxyl groups is 1. The number of benzene rings is 1. The molecule has 0 spiro atoms. The van der Waals surface area contributed by atoms with Gasteiger partial charge in [-0.3, -0.25) is 0 Å². The van der Waals surface area contributed by atoms with Gasteiger partial charge in [0.25, 0.3) is 0 Å². The molecule has 0 heterocycles. The van der Waals surface area contributed by atoms with E-state index in [4.69, 9.17) is 21.8 Å². The van der Waals surface area contributed by atoms with Crippen molar-refractivity contribution in [1.82, 2.24) is 0 Å². The first-order valence-electron chi connectivity index (χ1n) is 5.78. The topological polar surface area (TPSA) is 94.8 Å². The number of carboxylic acid groups (broad SMARTS) is 2. The van der Waals surface area contributed by atoms with Gasteiger partial charge in [-0.25, -0.2) is 9.59 Å². The summed E-state index contributed by atoms with van der Waals surface area (Å²) in [6.07, 6.45) is -0.00967. The van der Waals surface area contributed by atoms with E-state index in [9.17, 15) is 14.7 Å². The van der Waals surface area contributed by atoms with E-state index in [2.05, 4.69) is 0 Å². The molecule has 3 N–H and O–H groups in total. The number of aliphatic hydroxyl groups excluding tert-OH is 1. The zero-order valence-electron chi connectivity index (χ0n) is 10.6. The molecule has 6 heteroatoms. The Balaban J connectivity index is 3.61. The van der Waals surface area contributed by atoms with Crippen LogP contribution in [0.2, 0.25) is 5.02 Å². The first kappa shape index (κ1) is 15.5. The number of aryl methyl sites for hydroxylation is 1. The minimum absolute atomic E-state index is 0.106. The van der Waals surface area contributed by atoms with E-state index in [1.165, 1.54) is 6.07 Å². The Hall–Kier alpha value is -1.59. The zero-order valence-corrected chi connectivity index (χ0v) is 11.4. The zero-order chi connectivity index (χ0) is 14.7. The van der Waals surface area contributed by atoms with Crippen LogP contribution in [0.1, 0.15) is 45.7 Å². The second kappa shape index (κ2) is 6.04. The molecule has 0 aromatic heterocycles. The van der Waals surface area contributed by atoms with E-state index < -0.39 is 23.6 Å². The Morgan fingerprint density at radius 2 is 1.89 bits per heavy atom. The highest BCUT2D eigenvalue weighted by molar-refractivity contribution is 6.35. The monoisotopic (exact) mass is 286 g/mol. The molecule has 1 rings (SSSR count). The van der Waals surface area contributed by atoms with Crippen LogP contribution in [0.3, 0.4) is 0 Å². The van der Waals surface area contributed by atoms with Crippen molar-refractivity contribution in [2.24, 2.45) is 0 Å². The fraction of sp³-hybridized carbons (Fsp3) is 0.385. The first-order valence-corrected chi connectivity index (χ1v) is 6.16. The molecule has 0 aliphatic rings. The van der Waals surface area contributed by atoms with Crippen LogP contribution in [0.5, 0.6) is 0 Å². The van der Waals surface area contributed by atoms with Gasteiger partial charge in [0.1, 0.15) is 0 Å². The molecule has 1 atom stereocenters. The third kappa shape index (κ3) is 3.24. The molecule has 19 heavy (non-hydrogen) atoms. The van der Waals surface area contributed by atoms with Gasteiger partial charge in [-0.1, -0.05) is 18.5 Å². The van der Waals surface area contributed by atoms with Gasteiger partial charge in [-0.2, -0.15) is 0 Å². The summed E-state index contributed by atoms with van der Waals surface area (Å²) in [7, 11) is 0. The summed E-state index contributed by atoms with van der Waals surface area (Å²) in [6, 6.07) is 1.31. The van der Waals surface area contributed by atoms with E-state index in [0.29, 0.717) is 17.5 Å². The number of rotatable bonds is 5. The highest BCUT2D eigenvalue weighted by Crippen LogP contribution is 2.30. The smallest absolute Gasteiger partial charge is 0.338 e. The molecule has 0 fully saturated rings. The van der Waals surface area contributed by atoms with Crippen LogP contribution < -0.4 is 0 Å². The molecule has 5 nitrogen and oxygen atoms in total.